The first-order valence-electron chi connectivity index (χ1n) is 10.7. The number of guanidine groups is 1. The third-order valence-electron chi connectivity index (χ3n) is 4.98. The number of amides is 1. The maximum atomic E-state index is 12.1. The largest absolute Gasteiger partial charge is 0.379 e. The van der Waals surface area contributed by atoms with Crippen LogP contribution >= 0.6 is 0 Å². The molecule has 7 heteroatoms. The monoisotopic (exact) mass is 404 g/mol. The van der Waals surface area contributed by atoms with E-state index < -0.39 is 0 Å². The fourth-order valence-corrected chi connectivity index (χ4v) is 2.96. The van der Waals surface area contributed by atoms with E-state index in [-0.39, 0.29) is 18.1 Å². The van der Waals surface area contributed by atoms with Crippen LogP contribution in [-0.2, 0) is 16.0 Å². The molecule has 29 heavy (non-hydrogen) atoms. The molecule has 2 atom stereocenters. The van der Waals surface area contributed by atoms with Crippen LogP contribution in [0.15, 0.2) is 29.3 Å². The lowest BCUT2D eigenvalue weighted by Gasteiger charge is -2.14. The summed E-state index contributed by atoms with van der Waals surface area (Å²) < 4.78 is 11.2. The molecule has 162 valence electrons. The highest BCUT2D eigenvalue weighted by Gasteiger charge is 2.14. The van der Waals surface area contributed by atoms with Crippen molar-refractivity contribution < 1.29 is 14.3 Å². The molecule has 7 nitrogen and oxygen atoms in total. The molecule has 0 radical (unpaired) electrons. The Labute approximate surface area is 174 Å². The summed E-state index contributed by atoms with van der Waals surface area (Å²) in [4.78, 5) is 16.4. The number of hydrogen-bond acceptors (Lipinski definition) is 4. The lowest BCUT2D eigenvalue weighted by molar-refractivity contribution is 0.0168. The molecule has 3 N–H and O–H groups in total. The summed E-state index contributed by atoms with van der Waals surface area (Å²) in [5.41, 5.74) is 1.77. The number of carbonyl (C=O) groups excluding carboxylic acids is 1. The highest BCUT2D eigenvalue weighted by molar-refractivity contribution is 5.94. The van der Waals surface area contributed by atoms with Crippen LogP contribution < -0.4 is 16.0 Å². The maximum Gasteiger partial charge on any atom is 0.251 e. The fourth-order valence-electron chi connectivity index (χ4n) is 2.96. The lowest BCUT2D eigenvalue weighted by Crippen LogP contribution is -2.37. The fraction of sp³-hybridized carbons (Fsp3) is 0.636. The van der Waals surface area contributed by atoms with E-state index in [4.69, 9.17) is 9.47 Å². The van der Waals surface area contributed by atoms with E-state index in [0.717, 1.165) is 50.4 Å². The zero-order valence-corrected chi connectivity index (χ0v) is 18.0. The molecule has 1 aromatic rings. The highest BCUT2D eigenvalue weighted by atomic mass is 16.5. The molecule has 1 fully saturated rings. The van der Waals surface area contributed by atoms with Gasteiger partial charge in [0.2, 0.25) is 0 Å². The molecule has 1 amide bonds. The van der Waals surface area contributed by atoms with E-state index in [1.807, 2.05) is 31.2 Å². The Morgan fingerprint density at radius 3 is 2.76 bits per heavy atom. The first-order chi connectivity index (χ1) is 14.1. The molecule has 1 aliphatic rings. The second-order valence-electron chi connectivity index (χ2n) is 7.40. The number of aliphatic imine (C=N–C) groups is 1. The van der Waals surface area contributed by atoms with Crippen molar-refractivity contribution in [3.05, 3.63) is 35.4 Å². The van der Waals surface area contributed by atoms with Crippen LogP contribution in [-0.4, -0.2) is 57.4 Å². The summed E-state index contributed by atoms with van der Waals surface area (Å²) >= 11 is 0. The Morgan fingerprint density at radius 1 is 1.31 bits per heavy atom. The molecular weight excluding hydrogens is 368 g/mol. The number of rotatable bonds is 11. The van der Waals surface area contributed by atoms with Crippen LogP contribution in [0.1, 0.15) is 55.5 Å². The Hall–Kier alpha value is -2.12. The van der Waals surface area contributed by atoms with Gasteiger partial charge in [-0.1, -0.05) is 19.1 Å². The second kappa shape index (κ2) is 13.2. The third-order valence-corrected chi connectivity index (χ3v) is 4.98. The summed E-state index contributed by atoms with van der Waals surface area (Å²) in [6, 6.07) is 7.82. The summed E-state index contributed by atoms with van der Waals surface area (Å²) in [5, 5.41) is 9.56. The molecular formula is C22H36N4O3. The molecule has 1 aromatic carbocycles. The van der Waals surface area contributed by atoms with Crippen molar-refractivity contribution in [1.82, 2.24) is 16.0 Å². The van der Waals surface area contributed by atoms with Gasteiger partial charge in [-0.15, -0.1) is 0 Å². The van der Waals surface area contributed by atoms with E-state index in [1.165, 1.54) is 0 Å². The van der Waals surface area contributed by atoms with Crippen molar-refractivity contribution in [2.75, 3.05) is 33.4 Å². The minimum atomic E-state index is -0.0296. The van der Waals surface area contributed by atoms with Gasteiger partial charge in [-0.25, -0.2) is 0 Å². The van der Waals surface area contributed by atoms with Crippen molar-refractivity contribution in [3.63, 3.8) is 0 Å². The van der Waals surface area contributed by atoms with Gasteiger partial charge in [0.25, 0.3) is 5.91 Å². The molecule has 0 saturated carbocycles. The average molecular weight is 405 g/mol. The minimum absolute atomic E-state index is 0.0296. The quantitative estimate of drug-likeness (QED) is 0.300. The normalized spacial score (nSPS) is 17.8. The second-order valence-corrected chi connectivity index (χ2v) is 7.40. The van der Waals surface area contributed by atoms with E-state index in [1.54, 1.807) is 7.05 Å². The van der Waals surface area contributed by atoms with Gasteiger partial charge in [-0.3, -0.25) is 9.79 Å². The smallest absolute Gasteiger partial charge is 0.251 e. The molecule has 2 unspecified atom stereocenters. The van der Waals surface area contributed by atoms with E-state index in [9.17, 15) is 4.79 Å². The molecule has 0 aromatic heterocycles. The number of hydrogen-bond donors (Lipinski definition) is 3. The van der Waals surface area contributed by atoms with Gasteiger partial charge in [0, 0.05) is 45.0 Å². The highest BCUT2D eigenvalue weighted by Crippen LogP contribution is 2.11. The van der Waals surface area contributed by atoms with Crippen LogP contribution in [0.5, 0.6) is 0 Å². The summed E-state index contributed by atoms with van der Waals surface area (Å²) in [7, 11) is 1.76. The van der Waals surface area contributed by atoms with Gasteiger partial charge in [0.05, 0.1) is 12.7 Å². The van der Waals surface area contributed by atoms with Gasteiger partial charge in [0.15, 0.2) is 5.96 Å². The minimum Gasteiger partial charge on any atom is -0.379 e. The number of nitrogens with zero attached hydrogens (tertiary/aromatic N) is 1. The predicted molar refractivity (Wildman–Crippen MR) is 116 cm³/mol. The van der Waals surface area contributed by atoms with Gasteiger partial charge in [-0.05, 0) is 50.3 Å². The average Bonchev–Trinajstić information content (AvgIpc) is 3.26. The van der Waals surface area contributed by atoms with Crippen LogP contribution in [0.2, 0.25) is 0 Å². The van der Waals surface area contributed by atoms with Gasteiger partial charge in [-0.2, -0.15) is 0 Å². The van der Waals surface area contributed by atoms with Crippen molar-refractivity contribution in [1.29, 1.82) is 0 Å². The zero-order valence-electron chi connectivity index (χ0n) is 18.0. The summed E-state index contributed by atoms with van der Waals surface area (Å²) in [6.45, 7) is 7.76. The van der Waals surface area contributed by atoms with Crippen molar-refractivity contribution in [3.8, 4) is 0 Å². The summed E-state index contributed by atoms with van der Waals surface area (Å²) in [5.74, 6) is 0.723. The van der Waals surface area contributed by atoms with Gasteiger partial charge >= 0.3 is 0 Å². The topological polar surface area (TPSA) is 84.0 Å². The van der Waals surface area contributed by atoms with E-state index in [0.29, 0.717) is 25.3 Å². The van der Waals surface area contributed by atoms with Crippen LogP contribution in [0, 0.1) is 0 Å². The lowest BCUT2D eigenvalue weighted by atomic mass is 10.1. The van der Waals surface area contributed by atoms with E-state index in [2.05, 4.69) is 27.9 Å². The van der Waals surface area contributed by atoms with E-state index >= 15 is 0 Å². The van der Waals surface area contributed by atoms with Crippen LogP contribution in [0.25, 0.3) is 0 Å². The van der Waals surface area contributed by atoms with Gasteiger partial charge in [0.1, 0.15) is 0 Å². The maximum absolute atomic E-state index is 12.1. The number of ether oxygens (including phenoxy) is 2. The molecule has 1 aliphatic heterocycles. The molecule has 0 bridgehead atoms. The van der Waals surface area contributed by atoms with Crippen molar-refractivity contribution >= 4 is 11.9 Å². The molecule has 1 saturated heterocycles. The Morgan fingerprint density at radius 2 is 2.10 bits per heavy atom. The Kier molecular flexibility index (Phi) is 10.5. The van der Waals surface area contributed by atoms with Crippen LogP contribution in [0.3, 0.4) is 0 Å². The molecule has 0 spiro atoms. The van der Waals surface area contributed by atoms with Crippen molar-refractivity contribution in [2.45, 2.75) is 58.2 Å². The first kappa shape index (κ1) is 23.2. The Balaban J connectivity index is 1.62. The van der Waals surface area contributed by atoms with Crippen LogP contribution in [0.4, 0.5) is 0 Å². The molecule has 1 heterocycles. The number of nitrogens with one attached hydrogen (secondary N) is 3. The third kappa shape index (κ3) is 8.83. The van der Waals surface area contributed by atoms with Crippen molar-refractivity contribution in [2.24, 2.45) is 4.99 Å². The molecule has 2 rings (SSSR count). The first-order valence-corrected chi connectivity index (χ1v) is 10.7. The number of carbonyl (C=O) groups is 1. The zero-order chi connectivity index (χ0) is 20.9. The van der Waals surface area contributed by atoms with Gasteiger partial charge < -0.3 is 25.4 Å². The molecule has 0 aliphatic carbocycles. The summed E-state index contributed by atoms with van der Waals surface area (Å²) in [6.07, 6.45) is 4.36. The number of benzene rings is 1. The SMILES string of the molecule is CCC(C)NC(=O)c1ccc(CNC(=NC)NCCCOCC2CCCO2)cc1. The predicted octanol–water partition coefficient (Wildman–Crippen LogP) is 2.47. The Bertz CT molecular complexity index is 627. The standard InChI is InChI=1S/C22H36N4O3/c1-4-17(2)26-21(27)19-10-8-18(9-11-19)15-25-22(23-3)24-12-6-13-28-16-20-7-5-14-29-20/h8-11,17,20H,4-7,12-16H2,1-3H3,(H,26,27)(H2,23,24,25).